The molecule has 20 heavy (non-hydrogen) atoms. The molecule has 0 aromatic carbocycles. The summed E-state index contributed by atoms with van der Waals surface area (Å²) < 4.78 is 2.73. The third-order valence-electron chi connectivity index (χ3n) is 2.88. The molecule has 0 bridgehead atoms. The zero-order valence-electron chi connectivity index (χ0n) is 11.0. The number of carbonyl (C=O) groups is 1. The molecule has 0 amide bonds. The molecule has 0 saturated heterocycles. The summed E-state index contributed by atoms with van der Waals surface area (Å²) in [4.78, 5) is 49.1. The second-order valence-corrected chi connectivity index (χ2v) is 4.34. The van der Waals surface area contributed by atoms with Gasteiger partial charge in [-0.25, -0.2) is 13.9 Å². The summed E-state index contributed by atoms with van der Waals surface area (Å²) >= 11 is 0. The Bertz CT molecular complexity index is 856. The molecule has 2 heterocycles. The second-order valence-electron chi connectivity index (χ2n) is 4.34. The summed E-state index contributed by atoms with van der Waals surface area (Å²) in [5, 5.41) is 10.8. The first-order valence-corrected chi connectivity index (χ1v) is 5.55. The summed E-state index contributed by atoms with van der Waals surface area (Å²) in [7, 11) is 2.63. The van der Waals surface area contributed by atoms with E-state index in [2.05, 4.69) is 4.98 Å². The molecule has 2 rings (SSSR count). The highest BCUT2D eigenvalue weighted by Crippen LogP contribution is 2.14. The van der Waals surface area contributed by atoms with Gasteiger partial charge in [0.15, 0.2) is 0 Å². The van der Waals surface area contributed by atoms with Gasteiger partial charge in [-0.2, -0.15) is 0 Å². The molecule has 10 nitrogen and oxygen atoms in total. The van der Waals surface area contributed by atoms with E-state index in [1.807, 2.05) is 0 Å². The predicted molar refractivity (Wildman–Crippen MR) is 67.6 cm³/mol. The summed E-state index contributed by atoms with van der Waals surface area (Å²) in [6.07, 6.45) is 0. The van der Waals surface area contributed by atoms with E-state index in [1.165, 1.54) is 21.0 Å². The van der Waals surface area contributed by atoms with Crippen LogP contribution in [0.3, 0.4) is 0 Å². The number of fused-ring (bicyclic) bond motifs is 1. The lowest BCUT2D eigenvalue weighted by molar-refractivity contribution is -0.396. The van der Waals surface area contributed by atoms with Gasteiger partial charge in [-0.15, -0.1) is 0 Å². The van der Waals surface area contributed by atoms with Crippen LogP contribution in [0.5, 0.6) is 0 Å². The number of carbonyl (C=O) groups excluding carboxylic acids is 1. The lowest BCUT2D eigenvalue weighted by atomic mass is 10.4. The second kappa shape index (κ2) is 4.40. The van der Waals surface area contributed by atoms with Gasteiger partial charge in [0, 0.05) is 7.05 Å². The number of imidazole rings is 1. The van der Waals surface area contributed by atoms with Crippen LogP contribution in [-0.4, -0.2) is 29.4 Å². The van der Waals surface area contributed by atoms with E-state index < -0.39 is 22.1 Å². The first kappa shape index (κ1) is 13.6. The fourth-order valence-electron chi connectivity index (χ4n) is 1.96. The maximum absolute atomic E-state index is 12.2. The molecule has 0 saturated carbocycles. The molecular weight excluding hydrogens is 270 g/mol. The molecule has 106 valence electrons. The minimum atomic E-state index is -0.776. The molecule has 2 aromatic heterocycles. The summed E-state index contributed by atoms with van der Waals surface area (Å²) in [6, 6.07) is 0. The van der Waals surface area contributed by atoms with Crippen LogP contribution in [0.25, 0.3) is 11.2 Å². The fourth-order valence-corrected chi connectivity index (χ4v) is 1.96. The van der Waals surface area contributed by atoms with Crippen molar-refractivity contribution in [2.75, 3.05) is 0 Å². The van der Waals surface area contributed by atoms with Crippen LogP contribution in [0, 0.1) is 10.1 Å². The molecular formula is C10H11N5O5. The van der Waals surface area contributed by atoms with E-state index >= 15 is 0 Å². The van der Waals surface area contributed by atoms with Crippen molar-refractivity contribution >= 4 is 22.9 Å². The van der Waals surface area contributed by atoms with E-state index in [4.69, 9.17) is 0 Å². The molecule has 0 unspecified atom stereocenters. The number of aromatic nitrogens is 4. The Labute approximate surface area is 111 Å². The summed E-state index contributed by atoms with van der Waals surface area (Å²) in [6.45, 7) is 0.849. The third kappa shape index (κ3) is 1.81. The average molecular weight is 281 g/mol. The first-order valence-electron chi connectivity index (χ1n) is 5.55. The lowest BCUT2D eigenvalue weighted by Crippen LogP contribution is -2.40. The molecule has 0 aliphatic heterocycles. The van der Waals surface area contributed by atoms with E-state index in [-0.39, 0.29) is 23.5 Å². The zero-order valence-corrected chi connectivity index (χ0v) is 11.0. The van der Waals surface area contributed by atoms with Crippen LogP contribution in [0.1, 0.15) is 6.92 Å². The van der Waals surface area contributed by atoms with Crippen LogP contribution in [0.4, 0.5) is 5.95 Å². The van der Waals surface area contributed by atoms with Crippen molar-refractivity contribution in [2.45, 2.75) is 13.5 Å². The smallest absolute Gasteiger partial charge is 0.390 e. The number of ketones is 1. The number of nitro groups is 1. The SMILES string of the molecule is CC(=O)Cn1c(=O)c2c(nc([N+](=O)[O-])n2C)n(C)c1=O. The Balaban J connectivity index is 2.98. The van der Waals surface area contributed by atoms with Crippen molar-refractivity contribution in [3.8, 4) is 0 Å². The minimum absolute atomic E-state index is 0.0889. The zero-order chi connectivity index (χ0) is 15.2. The first-order chi connectivity index (χ1) is 9.25. The highest BCUT2D eigenvalue weighted by Gasteiger charge is 2.26. The topological polar surface area (TPSA) is 122 Å². The highest BCUT2D eigenvalue weighted by atomic mass is 16.6. The highest BCUT2D eigenvalue weighted by molar-refractivity contribution is 5.76. The van der Waals surface area contributed by atoms with E-state index in [0.29, 0.717) is 0 Å². The van der Waals surface area contributed by atoms with Crippen LogP contribution in [0.15, 0.2) is 9.59 Å². The Morgan fingerprint density at radius 2 is 1.90 bits per heavy atom. The van der Waals surface area contributed by atoms with Gasteiger partial charge in [0.2, 0.25) is 5.52 Å². The Morgan fingerprint density at radius 3 is 2.40 bits per heavy atom. The van der Waals surface area contributed by atoms with Crippen molar-refractivity contribution < 1.29 is 9.72 Å². The molecule has 2 aromatic rings. The summed E-state index contributed by atoms with van der Waals surface area (Å²) in [5.74, 6) is -0.923. The van der Waals surface area contributed by atoms with Crippen LogP contribution in [0.2, 0.25) is 0 Å². The molecule has 0 atom stereocenters. The number of nitrogens with zero attached hydrogens (tertiary/aromatic N) is 5. The molecule has 0 aliphatic carbocycles. The number of rotatable bonds is 3. The minimum Gasteiger partial charge on any atom is -0.390 e. The molecule has 0 aliphatic rings. The van der Waals surface area contributed by atoms with Crippen molar-refractivity contribution in [3.63, 3.8) is 0 Å². The number of aryl methyl sites for hydroxylation is 2. The molecule has 0 spiro atoms. The van der Waals surface area contributed by atoms with Gasteiger partial charge >= 0.3 is 11.6 Å². The van der Waals surface area contributed by atoms with Crippen LogP contribution in [-0.2, 0) is 25.4 Å². The molecule has 10 heteroatoms. The van der Waals surface area contributed by atoms with Crippen molar-refractivity contribution in [1.29, 1.82) is 0 Å². The predicted octanol–water partition coefficient (Wildman–Crippen LogP) is -1.07. The maximum Gasteiger partial charge on any atom is 0.437 e. The Hall–Kier alpha value is -2.78. The van der Waals surface area contributed by atoms with Crippen molar-refractivity contribution in [3.05, 3.63) is 31.0 Å². The van der Waals surface area contributed by atoms with Gasteiger partial charge in [0.05, 0.1) is 13.6 Å². The number of hydrogen-bond donors (Lipinski definition) is 0. The molecule has 0 radical (unpaired) electrons. The quantitative estimate of drug-likeness (QED) is 0.521. The fraction of sp³-hybridized carbons (Fsp3) is 0.400. The molecule has 0 fully saturated rings. The maximum atomic E-state index is 12.2. The monoisotopic (exact) mass is 281 g/mol. The van der Waals surface area contributed by atoms with E-state index in [0.717, 1.165) is 13.7 Å². The van der Waals surface area contributed by atoms with Gasteiger partial charge < -0.3 is 10.1 Å². The Kier molecular flexibility index (Phi) is 3.00. The Morgan fingerprint density at radius 1 is 1.30 bits per heavy atom. The average Bonchev–Trinajstić information content (AvgIpc) is 2.70. The van der Waals surface area contributed by atoms with Crippen molar-refractivity contribution in [2.24, 2.45) is 14.1 Å². The molecule has 0 N–H and O–H groups in total. The summed E-state index contributed by atoms with van der Waals surface area (Å²) in [5.41, 5.74) is -1.71. The van der Waals surface area contributed by atoms with Crippen LogP contribution >= 0.6 is 0 Å². The lowest BCUT2D eigenvalue weighted by Gasteiger charge is -2.04. The van der Waals surface area contributed by atoms with Crippen molar-refractivity contribution in [1.82, 2.24) is 18.7 Å². The largest absolute Gasteiger partial charge is 0.437 e. The number of Topliss-reactive ketones (excluding diaryl/α,β-unsaturated/α-hetero) is 1. The van der Waals surface area contributed by atoms with Crippen LogP contribution < -0.4 is 11.2 Å². The third-order valence-corrected chi connectivity index (χ3v) is 2.88. The van der Waals surface area contributed by atoms with Gasteiger partial charge in [-0.3, -0.25) is 14.2 Å². The van der Waals surface area contributed by atoms with Gasteiger partial charge in [-0.05, 0) is 16.8 Å². The van der Waals surface area contributed by atoms with E-state index in [1.54, 1.807) is 0 Å². The standard InChI is InChI=1S/C10H11N5O5/c1-5(16)4-14-8(17)6-7(13(3)10(14)18)11-9(12(6)2)15(19)20/h4H2,1-3H3. The van der Waals surface area contributed by atoms with E-state index in [9.17, 15) is 24.5 Å². The van der Waals surface area contributed by atoms with Gasteiger partial charge in [-0.1, -0.05) is 0 Å². The normalized spacial score (nSPS) is 10.9. The number of hydrogen-bond acceptors (Lipinski definition) is 6. The van der Waals surface area contributed by atoms with Gasteiger partial charge in [0.1, 0.15) is 5.78 Å². The van der Waals surface area contributed by atoms with Gasteiger partial charge in [0.25, 0.3) is 11.2 Å².